The summed E-state index contributed by atoms with van der Waals surface area (Å²) in [6, 6.07) is 15.7. The van der Waals surface area contributed by atoms with E-state index in [-0.39, 0.29) is 38.5 Å². The van der Waals surface area contributed by atoms with Crippen LogP contribution >= 0.6 is 12.0 Å². The van der Waals surface area contributed by atoms with E-state index in [0.29, 0.717) is 29.2 Å². The van der Waals surface area contributed by atoms with Crippen LogP contribution in [-0.2, 0) is 19.5 Å². The third-order valence-corrected chi connectivity index (χ3v) is 6.91. The van der Waals surface area contributed by atoms with Gasteiger partial charge in [-0.05, 0) is 35.7 Å². The molecule has 0 radical (unpaired) electrons. The van der Waals surface area contributed by atoms with Crippen LogP contribution in [0.4, 0.5) is 28.4 Å². The number of phenols is 1. The Morgan fingerprint density at radius 1 is 0.875 bits per heavy atom. The number of nitrogens with two attached hydrogens (primary N) is 1. The number of fused-ring (bicyclic) bond motifs is 1. The molecule has 14 nitrogen and oxygen atoms in total. The van der Waals surface area contributed by atoms with Crippen LogP contribution in [-0.4, -0.2) is 37.6 Å². The molecule has 40 heavy (non-hydrogen) atoms. The highest BCUT2D eigenvalue weighted by atomic mass is 32.2. The smallest absolute Gasteiger partial charge is 0.296 e. The van der Waals surface area contributed by atoms with E-state index in [4.69, 9.17) is 20.5 Å². The first kappa shape index (κ1) is 28.7. The normalized spacial score (nSPS) is 12.0. The number of rotatable bonds is 10. The first-order chi connectivity index (χ1) is 19.2. The van der Waals surface area contributed by atoms with Gasteiger partial charge in [0, 0.05) is 17.5 Å². The van der Waals surface area contributed by atoms with Crippen LogP contribution in [0.25, 0.3) is 10.8 Å². The number of phenolic OH excluding ortho intramolecular Hbond substituents is 1. The van der Waals surface area contributed by atoms with Crippen LogP contribution in [0, 0.1) is 0 Å². The van der Waals surface area contributed by atoms with Crippen molar-refractivity contribution in [2.45, 2.75) is 9.79 Å². The molecule has 0 saturated carbocycles. The van der Waals surface area contributed by atoms with Gasteiger partial charge < -0.3 is 20.3 Å². The SMILES string of the molecule is COc1cc(N=Nc2c(SOOO)cc3cc(S(=O)(=O)O)c(N)cc3c2O)c(OC)cc1N=Nc1ccccc1. The molecule has 0 atom stereocenters. The zero-order valence-corrected chi connectivity index (χ0v) is 22.4. The summed E-state index contributed by atoms with van der Waals surface area (Å²) < 4.78 is 48.2. The minimum atomic E-state index is -4.65. The maximum Gasteiger partial charge on any atom is 0.296 e. The Labute approximate surface area is 231 Å². The van der Waals surface area contributed by atoms with Gasteiger partial charge in [-0.3, -0.25) is 4.55 Å². The lowest BCUT2D eigenvalue weighted by atomic mass is 10.1. The summed E-state index contributed by atoms with van der Waals surface area (Å²) in [6.45, 7) is 0. The van der Waals surface area contributed by atoms with Gasteiger partial charge in [0.25, 0.3) is 10.1 Å². The highest BCUT2D eigenvalue weighted by Gasteiger charge is 2.21. The fraction of sp³-hybridized carbons (Fsp3) is 0.0833. The zero-order valence-electron chi connectivity index (χ0n) is 20.7. The number of hydrogen-bond donors (Lipinski definition) is 4. The van der Waals surface area contributed by atoms with E-state index in [1.165, 1.54) is 32.4 Å². The highest BCUT2D eigenvalue weighted by Crippen LogP contribution is 2.47. The number of hydrogen-bond acceptors (Lipinski definition) is 14. The van der Waals surface area contributed by atoms with Gasteiger partial charge >= 0.3 is 0 Å². The average molecular weight is 588 g/mol. The molecule has 0 aliphatic carbocycles. The van der Waals surface area contributed by atoms with E-state index in [1.807, 2.05) is 18.2 Å². The number of methoxy groups -OCH3 is 2. The molecular formula is C24H21N5O9S2. The van der Waals surface area contributed by atoms with Crippen molar-refractivity contribution < 1.29 is 42.2 Å². The molecule has 0 aliphatic heterocycles. The predicted molar refractivity (Wildman–Crippen MR) is 145 cm³/mol. The van der Waals surface area contributed by atoms with E-state index >= 15 is 0 Å². The molecule has 0 heterocycles. The summed E-state index contributed by atoms with van der Waals surface area (Å²) in [5, 5.41) is 40.2. The number of benzene rings is 4. The monoisotopic (exact) mass is 587 g/mol. The number of azo groups is 2. The Morgan fingerprint density at radius 3 is 2.08 bits per heavy atom. The van der Waals surface area contributed by atoms with Crippen LogP contribution in [0.15, 0.2) is 90.9 Å². The molecule has 0 amide bonds. The predicted octanol–water partition coefficient (Wildman–Crippen LogP) is 6.65. The molecule has 4 aromatic rings. The molecule has 4 aromatic carbocycles. The molecule has 0 aromatic heterocycles. The van der Waals surface area contributed by atoms with Crippen LogP contribution in [0.3, 0.4) is 0 Å². The van der Waals surface area contributed by atoms with Crippen LogP contribution in [0.5, 0.6) is 17.2 Å². The van der Waals surface area contributed by atoms with E-state index in [9.17, 15) is 18.1 Å². The minimum absolute atomic E-state index is 0.0491. The van der Waals surface area contributed by atoms with Crippen molar-refractivity contribution in [2.24, 2.45) is 20.5 Å². The Kier molecular flexibility index (Phi) is 8.78. The Bertz CT molecular complexity index is 1720. The minimum Gasteiger partial charge on any atom is -0.505 e. The number of nitrogen functional groups attached to an aromatic ring is 1. The lowest BCUT2D eigenvalue weighted by molar-refractivity contribution is -0.432. The highest BCUT2D eigenvalue weighted by molar-refractivity contribution is 7.94. The number of ether oxygens (including phenoxy) is 2. The first-order valence-corrected chi connectivity index (χ1v) is 13.2. The van der Waals surface area contributed by atoms with Crippen LogP contribution in [0.1, 0.15) is 0 Å². The van der Waals surface area contributed by atoms with Gasteiger partial charge in [0.2, 0.25) is 0 Å². The third kappa shape index (κ3) is 6.28. The van der Waals surface area contributed by atoms with Gasteiger partial charge in [-0.1, -0.05) is 23.2 Å². The van der Waals surface area contributed by atoms with Gasteiger partial charge in [-0.15, -0.1) is 19.7 Å². The topological polar surface area (TPSA) is 207 Å². The van der Waals surface area contributed by atoms with Gasteiger partial charge in [0.15, 0.2) is 5.75 Å². The number of anilines is 1. The second-order valence-electron chi connectivity index (χ2n) is 7.82. The summed E-state index contributed by atoms with van der Waals surface area (Å²) in [4.78, 5) is -0.515. The lowest BCUT2D eigenvalue weighted by Gasteiger charge is -2.12. The second-order valence-corrected chi connectivity index (χ2v) is 9.95. The van der Waals surface area contributed by atoms with E-state index in [2.05, 4.69) is 29.8 Å². The van der Waals surface area contributed by atoms with Crippen molar-refractivity contribution in [1.29, 1.82) is 0 Å². The van der Waals surface area contributed by atoms with Gasteiger partial charge in [-0.25, -0.2) is 5.26 Å². The maximum atomic E-state index is 11.7. The van der Waals surface area contributed by atoms with Gasteiger partial charge in [0.05, 0.1) is 42.5 Å². The van der Waals surface area contributed by atoms with E-state index in [1.54, 1.807) is 12.1 Å². The molecule has 0 fully saturated rings. The second kappa shape index (κ2) is 12.2. The molecular weight excluding hydrogens is 566 g/mol. The first-order valence-electron chi connectivity index (χ1n) is 11.0. The molecule has 0 saturated heterocycles. The summed E-state index contributed by atoms with van der Waals surface area (Å²) in [5.41, 5.74) is 6.49. The maximum absolute atomic E-state index is 11.7. The Balaban J connectivity index is 1.81. The van der Waals surface area contributed by atoms with Crippen molar-refractivity contribution in [1.82, 2.24) is 0 Å². The van der Waals surface area contributed by atoms with Crippen molar-refractivity contribution in [2.75, 3.05) is 20.0 Å². The van der Waals surface area contributed by atoms with E-state index < -0.39 is 20.8 Å². The number of aromatic hydroxyl groups is 1. The molecule has 16 heteroatoms. The van der Waals surface area contributed by atoms with E-state index in [0.717, 1.165) is 12.1 Å². The Morgan fingerprint density at radius 2 is 1.50 bits per heavy atom. The molecule has 0 aliphatic rings. The van der Waals surface area contributed by atoms with Crippen molar-refractivity contribution in [3.05, 3.63) is 60.7 Å². The summed E-state index contributed by atoms with van der Waals surface area (Å²) >= 11 is 0.441. The van der Waals surface area contributed by atoms with Crippen molar-refractivity contribution in [3.63, 3.8) is 0 Å². The Hall–Kier alpha value is -4.32. The van der Waals surface area contributed by atoms with Crippen LogP contribution in [0.2, 0.25) is 0 Å². The molecule has 0 bridgehead atoms. The molecule has 0 unspecified atom stereocenters. The molecule has 4 rings (SSSR count). The molecule has 0 spiro atoms. The average Bonchev–Trinajstić information content (AvgIpc) is 2.94. The van der Waals surface area contributed by atoms with Crippen molar-refractivity contribution >= 4 is 61.4 Å². The quantitative estimate of drug-likeness (QED) is 0.0385. The van der Waals surface area contributed by atoms with Crippen molar-refractivity contribution in [3.8, 4) is 17.2 Å². The standard InChI is InChI=1S/C24H21N5O9S2/c1-35-19-12-18(20(36-2)11-17(19)27-26-14-6-4-3-5-7-14)28-29-23-21(39-38-37-31)8-13-9-22(40(32,33)34)16(25)10-15(13)24(23)30/h3-12,30-31H,25H2,1-2H3,(H,32,33,34). The van der Waals surface area contributed by atoms with Crippen LogP contribution < -0.4 is 15.2 Å². The van der Waals surface area contributed by atoms with Gasteiger partial charge in [0.1, 0.15) is 33.5 Å². The van der Waals surface area contributed by atoms with Gasteiger partial charge in [-0.2, -0.15) is 13.5 Å². The fourth-order valence-corrected chi connectivity index (χ4v) is 4.69. The summed E-state index contributed by atoms with van der Waals surface area (Å²) in [5.74, 6) is 0.0883. The zero-order chi connectivity index (χ0) is 28.9. The summed E-state index contributed by atoms with van der Waals surface area (Å²) in [7, 11) is -1.80. The summed E-state index contributed by atoms with van der Waals surface area (Å²) in [6.07, 6.45) is 0. The largest absolute Gasteiger partial charge is 0.505 e. The lowest BCUT2D eigenvalue weighted by Crippen LogP contribution is -2.03. The fourth-order valence-electron chi connectivity index (χ4n) is 3.56. The molecule has 5 N–H and O–H groups in total. The third-order valence-electron chi connectivity index (χ3n) is 5.38. The molecule has 208 valence electrons. The number of nitrogens with zero attached hydrogens (tertiary/aromatic N) is 4.